The molecule has 0 saturated carbocycles. The second-order valence-electron chi connectivity index (χ2n) is 4.86. The molecule has 0 bridgehead atoms. The van der Waals surface area contributed by atoms with Crippen molar-refractivity contribution in [1.82, 2.24) is 4.90 Å². The van der Waals surface area contributed by atoms with Crippen molar-refractivity contribution in [3.8, 4) is 0 Å². The number of hydrogen-bond acceptors (Lipinski definition) is 3. The number of carbonyl (C=O) groups is 1. The molecule has 0 radical (unpaired) electrons. The van der Waals surface area contributed by atoms with Crippen molar-refractivity contribution in [1.29, 1.82) is 0 Å². The molecule has 3 heteroatoms. The molecule has 1 saturated heterocycles. The molecule has 1 aromatic rings. The lowest BCUT2D eigenvalue weighted by Crippen LogP contribution is -2.46. The third-order valence-electron chi connectivity index (χ3n) is 3.80. The molecule has 1 aromatic carbocycles. The summed E-state index contributed by atoms with van der Waals surface area (Å²) in [6, 6.07) is 10.5. The molecule has 0 spiro atoms. The number of benzene rings is 1. The van der Waals surface area contributed by atoms with E-state index in [4.69, 9.17) is 4.74 Å². The maximum absolute atomic E-state index is 11.8. The highest BCUT2D eigenvalue weighted by molar-refractivity contribution is 5.75. The van der Waals surface area contributed by atoms with Crippen molar-refractivity contribution in [3.05, 3.63) is 35.9 Å². The topological polar surface area (TPSA) is 29.5 Å². The van der Waals surface area contributed by atoms with Gasteiger partial charge in [-0.15, -0.1) is 0 Å². The Kier molecular flexibility index (Phi) is 4.37. The van der Waals surface area contributed by atoms with Gasteiger partial charge in [-0.25, -0.2) is 0 Å². The molecule has 0 aromatic heterocycles. The van der Waals surface area contributed by atoms with Crippen molar-refractivity contribution in [2.24, 2.45) is 0 Å². The molecule has 18 heavy (non-hydrogen) atoms. The second kappa shape index (κ2) is 6.01. The van der Waals surface area contributed by atoms with Crippen LogP contribution in [-0.4, -0.2) is 30.6 Å². The minimum atomic E-state index is -0.0996. The van der Waals surface area contributed by atoms with Crippen LogP contribution in [0, 0.1) is 0 Å². The highest BCUT2D eigenvalue weighted by atomic mass is 16.5. The van der Waals surface area contributed by atoms with Gasteiger partial charge in [0.2, 0.25) is 0 Å². The van der Waals surface area contributed by atoms with Gasteiger partial charge < -0.3 is 4.74 Å². The van der Waals surface area contributed by atoms with E-state index in [9.17, 15) is 4.79 Å². The predicted molar refractivity (Wildman–Crippen MR) is 71.2 cm³/mol. The van der Waals surface area contributed by atoms with E-state index < -0.39 is 0 Å². The van der Waals surface area contributed by atoms with Gasteiger partial charge in [-0.2, -0.15) is 0 Å². The maximum atomic E-state index is 11.8. The molecule has 1 fully saturated rings. The first-order valence-electron chi connectivity index (χ1n) is 6.62. The summed E-state index contributed by atoms with van der Waals surface area (Å²) in [5.41, 5.74) is 1.26. The van der Waals surface area contributed by atoms with Crippen LogP contribution >= 0.6 is 0 Å². The van der Waals surface area contributed by atoms with Crippen LogP contribution < -0.4 is 0 Å². The zero-order chi connectivity index (χ0) is 13.0. The van der Waals surface area contributed by atoms with Crippen LogP contribution in [0.25, 0.3) is 0 Å². The fourth-order valence-corrected chi connectivity index (χ4v) is 2.73. The molecule has 0 unspecified atom stereocenters. The average Bonchev–Trinajstić information content (AvgIpc) is 2.46. The quantitative estimate of drug-likeness (QED) is 0.769. The summed E-state index contributed by atoms with van der Waals surface area (Å²) in [6.07, 6.45) is 3.17. The fourth-order valence-electron chi connectivity index (χ4n) is 2.73. The van der Waals surface area contributed by atoms with Gasteiger partial charge in [-0.05, 0) is 31.9 Å². The third-order valence-corrected chi connectivity index (χ3v) is 3.80. The highest BCUT2D eigenvalue weighted by Crippen LogP contribution is 2.28. The zero-order valence-corrected chi connectivity index (χ0v) is 11.1. The van der Waals surface area contributed by atoms with E-state index in [1.165, 1.54) is 12.7 Å². The number of piperidine rings is 1. The fraction of sp³-hybridized carbons (Fsp3) is 0.533. The highest BCUT2D eigenvalue weighted by Gasteiger charge is 2.32. The molecule has 1 heterocycles. The monoisotopic (exact) mass is 247 g/mol. The third kappa shape index (κ3) is 2.72. The first-order valence-corrected chi connectivity index (χ1v) is 6.62. The van der Waals surface area contributed by atoms with Gasteiger partial charge in [0.15, 0.2) is 0 Å². The number of nitrogens with zero attached hydrogens (tertiary/aromatic N) is 1. The van der Waals surface area contributed by atoms with Crippen LogP contribution in [0.15, 0.2) is 30.3 Å². The van der Waals surface area contributed by atoms with Crippen molar-refractivity contribution in [2.75, 3.05) is 13.7 Å². The van der Waals surface area contributed by atoms with Gasteiger partial charge in [-0.3, -0.25) is 9.69 Å². The Hall–Kier alpha value is -1.35. The maximum Gasteiger partial charge on any atom is 0.323 e. The number of esters is 1. The Labute approximate surface area is 109 Å². The van der Waals surface area contributed by atoms with Crippen LogP contribution in [-0.2, 0) is 9.53 Å². The minimum absolute atomic E-state index is 0.0843. The van der Waals surface area contributed by atoms with E-state index >= 15 is 0 Å². The Balaban J connectivity index is 2.16. The SMILES string of the molecule is COC(=O)[C@@H]1CCCCN1[C@H](C)c1ccccc1. The summed E-state index contributed by atoms with van der Waals surface area (Å²) >= 11 is 0. The standard InChI is InChI=1S/C15H21NO2/c1-12(13-8-4-3-5-9-13)16-11-7-6-10-14(16)15(17)18-2/h3-5,8-9,12,14H,6-7,10-11H2,1-2H3/t12-,14+/m1/s1. The van der Waals surface area contributed by atoms with E-state index in [2.05, 4.69) is 24.0 Å². The van der Waals surface area contributed by atoms with Crippen molar-refractivity contribution >= 4 is 5.97 Å². The first kappa shape index (κ1) is 13.1. The largest absolute Gasteiger partial charge is 0.468 e. The Morgan fingerprint density at radius 1 is 1.33 bits per heavy atom. The van der Waals surface area contributed by atoms with E-state index in [1.807, 2.05) is 18.2 Å². The van der Waals surface area contributed by atoms with E-state index in [-0.39, 0.29) is 18.1 Å². The Morgan fingerprint density at radius 2 is 2.06 bits per heavy atom. The molecule has 0 aliphatic carbocycles. The first-order chi connectivity index (χ1) is 8.74. The summed E-state index contributed by atoms with van der Waals surface area (Å²) in [5, 5.41) is 0. The number of rotatable bonds is 3. The molecular weight excluding hydrogens is 226 g/mol. The van der Waals surface area contributed by atoms with E-state index in [0.29, 0.717) is 0 Å². The Morgan fingerprint density at radius 3 is 2.72 bits per heavy atom. The number of ether oxygens (including phenoxy) is 1. The number of likely N-dealkylation sites (tertiary alicyclic amines) is 1. The van der Waals surface area contributed by atoms with Gasteiger partial charge in [-0.1, -0.05) is 36.8 Å². The second-order valence-corrected chi connectivity index (χ2v) is 4.86. The van der Waals surface area contributed by atoms with Crippen LogP contribution in [0.2, 0.25) is 0 Å². The summed E-state index contributed by atoms with van der Waals surface area (Å²) in [6.45, 7) is 3.13. The number of carbonyl (C=O) groups excluding carboxylic acids is 1. The minimum Gasteiger partial charge on any atom is -0.468 e. The van der Waals surface area contributed by atoms with Gasteiger partial charge in [0.25, 0.3) is 0 Å². The molecule has 0 N–H and O–H groups in total. The van der Waals surface area contributed by atoms with Gasteiger partial charge in [0.1, 0.15) is 6.04 Å². The molecule has 1 aliphatic heterocycles. The van der Waals surface area contributed by atoms with Crippen LogP contribution in [0.1, 0.15) is 37.8 Å². The number of methoxy groups -OCH3 is 1. The van der Waals surface area contributed by atoms with Crippen LogP contribution in [0.4, 0.5) is 0 Å². The summed E-state index contributed by atoms with van der Waals surface area (Å²) in [5.74, 6) is -0.0996. The molecule has 0 amide bonds. The molecule has 1 aliphatic rings. The Bertz CT molecular complexity index is 391. The summed E-state index contributed by atoms with van der Waals surface area (Å²) < 4.78 is 4.93. The van der Waals surface area contributed by atoms with Gasteiger partial charge in [0.05, 0.1) is 7.11 Å². The van der Waals surface area contributed by atoms with Crippen molar-refractivity contribution in [3.63, 3.8) is 0 Å². The summed E-state index contributed by atoms with van der Waals surface area (Å²) in [7, 11) is 1.47. The zero-order valence-electron chi connectivity index (χ0n) is 11.1. The lowest BCUT2D eigenvalue weighted by Gasteiger charge is -2.38. The number of hydrogen-bond donors (Lipinski definition) is 0. The lowest BCUT2D eigenvalue weighted by atomic mass is 9.97. The molecular formula is C15H21NO2. The predicted octanol–water partition coefficient (Wildman–Crippen LogP) is 2.78. The van der Waals surface area contributed by atoms with Crippen molar-refractivity contribution in [2.45, 2.75) is 38.3 Å². The van der Waals surface area contributed by atoms with Gasteiger partial charge >= 0.3 is 5.97 Å². The van der Waals surface area contributed by atoms with Crippen molar-refractivity contribution < 1.29 is 9.53 Å². The van der Waals surface area contributed by atoms with Crippen LogP contribution in [0.5, 0.6) is 0 Å². The van der Waals surface area contributed by atoms with Crippen LogP contribution in [0.3, 0.4) is 0 Å². The van der Waals surface area contributed by atoms with E-state index in [1.54, 1.807) is 0 Å². The smallest absolute Gasteiger partial charge is 0.323 e. The molecule has 2 rings (SSSR count). The normalized spacial score (nSPS) is 22.4. The molecule has 3 nitrogen and oxygen atoms in total. The molecule has 2 atom stereocenters. The molecule has 98 valence electrons. The van der Waals surface area contributed by atoms with Gasteiger partial charge in [0, 0.05) is 6.04 Å². The lowest BCUT2D eigenvalue weighted by molar-refractivity contribution is -0.149. The average molecular weight is 247 g/mol. The summed E-state index contributed by atoms with van der Waals surface area (Å²) in [4.78, 5) is 14.1. The van der Waals surface area contributed by atoms with E-state index in [0.717, 1.165) is 25.8 Å².